The Morgan fingerprint density at radius 1 is 1.57 bits per heavy atom. The van der Waals surface area contributed by atoms with Crippen molar-refractivity contribution in [1.29, 1.82) is 0 Å². The smallest absolute Gasteiger partial charge is 0.411 e. The van der Waals surface area contributed by atoms with E-state index < -0.39 is 6.09 Å². The highest BCUT2D eigenvalue weighted by atomic mass is 16.5. The first-order chi connectivity index (χ1) is 6.76. The minimum absolute atomic E-state index is 0.343. The van der Waals surface area contributed by atoms with Crippen LogP contribution in [0.2, 0.25) is 0 Å². The van der Waals surface area contributed by atoms with Gasteiger partial charge in [-0.15, -0.1) is 0 Å². The summed E-state index contributed by atoms with van der Waals surface area (Å²) in [6, 6.07) is 3.34. The van der Waals surface area contributed by atoms with Gasteiger partial charge in [-0.3, -0.25) is 5.32 Å². The third-order valence-electron chi connectivity index (χ3n) is 1.47. The molecule has 1 amide bonds. The van der Waals surface area contributed by atoms with Gasteiger partial charge in [0, 0.05) is 6.07 Å². The molecule has 1 aromatic rings. The average Bonchev–Trinajstić information content (AvgIpc) is 2.19. The molecule has 0 aliphatic heterocycles. The molecule has 5 heteroatoms. The minimum Gasteiger partial charge on any atom is -0.481 e. The van der Waals surface area contributed by atoms with Gasteiger partial charge in [0.25, 0.3) is 0 Å². The molecule has 1 aromatic heterocycles. The van der Waals surface area contributed by atoms with Gasteiger partial charge in [0.05, 0.1) is 25.6 Å². The number of pyridine rings is 1. The molecule has 0 atom stereocenters. The van der Waals surface area contributed by atoms with Crippen molar-refractivity contribution < 1.29 is 14.3 Å². The second-order valence-electron chi connectivity index (χ2n) is 2.43. The van der Waals surface area contributed by atoms with Gasteiger partial charge in [0.1, 0.15) is 0 Å². The highest BCUT2D eigenvalue weighted by Crippen LogP contribution is 2.10. The summed E-state index contributed by atoms with van der Waals surface area (Å²) in [6.07, 6.45) is 1.01. The normalized spacial score (nSPS) is 9.29. The summed E-state index contributed by atoms with van der Waals surface area (Å²) in [5, 5.41) is 2.51. The second kappa shape index (κ2) is 5.06. The number of nitrogens with zero attached hydrogens (tertiary/aromatic N) is 1. The molecule has 0 saturated heterocycles. The van der Waals surface area contributed by atoms with E-state index in [2.05, 4.69) is 10.3 Å². The lowest BCUT2D eigenvalue weighted by Gasteiger charge is -2.04. The van der Waals surface area contributed by atoms with Crippen molar-refractivity contribution in [1.82, 2.24) is 4.98 Å². The third-order valence-corrected chi connectivity index (χ3v) is 1.47. The molecule has 5 nitrogen and oxygen atoms in total. The van der Waals surface area contributed by atoms with Crippen LogP contribution < -0.4 is 10.1 Å². The number of amides is 1. The Balaban J connectivity index is 2.55. The Kier molecular flexibility index (Phi) is 3.72. The number of nitrogens with one attached hydrogen (secondary N) is 1. The van der Waals surface area contributed by atoms with E-state index in [4.69, 9.17) is 9.47 Å². The van der Waals surface area contributed by atoms with Gasteiger partial charge in [0.15, 0.2) is 0 Å². The lowest BCUT2D eigenvalue weighted by molar-refractivity contribution is 0.168. The van der Waals surface area contributed by atoms with Gasteiger partial charge in [-0.1, -0.05) is 0 Å². The second-order valence-corrected chi connectivity index (χ2v) is 2.43. The molecule has 0 fully saturated rings. The Hall–Kier alpha value is -1.78. The van der Waals surface area contributed by atoms with Gasteiger partial charge in [0.2, 0.25) is 5.88 Å². The molecular formula is C9H12N2O3. The molecule has 14 heavy (non-hydrogen) atoms. The molecule has 0 radical (unpaired) electrons. The Morgan fingerprint density at radius 3 is 2.86 bits per heavy atom. The molecule has 1 heterocycles. The Morgan fingerprint density at radius 2 is 2.36 bits per heavy atom. The third kappa shape index (κ3) is 2.93. The molecule has 0 aliphatic carbocycles. The standard InChI is InChI=1S/C9H12N2O3/c1-3-14-9(12)11-7-4-5-8(13-2)10-6-7/h4-6H,3H2,1-2H3,(H,11,12). The van der Waals surface area contributed by atoms with Crippen molar-refractivity contribution >= 4 is 11.8 Å². The quantitative estimate of drug-likeness (QED) is 0.798. The first-order valence-electron chi connectivity index (χ1n) is 4.20. The van der Waals surface area contributed by atoms with E-state index >= 15 is 0 Å². The fourth-order valence-corrected chi connectivity index (χ4v) is 0.860. The van der Waals surface area contributed by atoms with Crippen molar-refractivity contribution in [2.24, 2.45) is 0 Å². The zero-order chi connectivity index (χ0) is 10.4. The molecule has 0 unspecified atom stereocenters. The van der Waals surface area contributed by atoms with E-state index in [1.54, 1.807) is 19.1 Å². The number of aromatic nitrogens is 1. The Bertz CT molecular complexity index is 297. The molecule has 1 rings (SSSR count). The van der Waals surface area contributed by atoms with Crippen LogP contribution in [0.15, 0.2) is 18.3 Å². The summed E-state index contributed by atoms with van der Waals surface area (Å²) < 4.78 is 9.56. The van der Waals surface area contributed by atoms with Gasteiger partial charge in [-0.05, 0) is 13.0 Å². The summed E-state index contributed by atoms with van der Waals surface area (Å²) in [4.78, 5) is 14.9. The maximum Gasteiger partial charge on any atom is 0.411 e. The number of carbonyl (C=O) groups is 1. The van der Waals surface area contributed by atoms with Crippen molar-refractivity contribution in [2.45, 2.75) is 6.92 Å². The molecule has 0 saturated carbocycles. The van der Waals surface area contributed by atoms with Crippen LogP contribution in [0.3, 0.4) is 0 Å². The highest BCUT2D eigenvalue weighted by Gasteiger charge is 2.01. The number of rotatable bonds is 3. The van der Waals surface area contributed by atoms with E-state index in [-0.39, 0.29) is 0 Å². The van der Waals surface area contributed by atoms with Gasteiger partial charge in [-0.2, -0.15) is 0 Å². The molecule has 76 valence electrons. The fraction of sp³-hybridized carbons (Fsp3) is 0.333. The topological polar surface area (TPSA) is 60.5 Å². The maximum atomic E-state index is 11.0. The van der Waals surface area contributed by atoms with Crippen LogP contribution in [0.5, 0.6) is 5.88 Å². The molecule has 1 N–H and O–H groups in total. The van der Waals surface area contributed by atoms with E-state index in [1.807, 2.05) is 0 Å². The predicted molar refractivity (Wildman–Crippen MR) is 51.4 cm³/mol. The van der Waals surface area contributed by atoms with Crippen LogP contribution >= 0.6 is 0 Å². The van der Waals surface area contributed by atoms with Crippen LogP contribution in [0, 0.1) is 0 Å². The molecule has 0 bridgehead atoms. The molecule has 0 aliphatic rings. The minimum atomic E-state index is -0.487. The van der Waals surface area contributed by atoms with E-state index in [0.717, 1.165) is 0 Å². The van der Waals surface area contributed by atoms with Crippen LogP contribution in [-0.2, 0) is 4.74 Å². The van der Waals surface area contributed by atoms with E-state index in [1.165, 1.54) is 13.3 Å². The van der Waals surface area contributed by atoms with Gasteiger partial charge >= 0.3 is 6.09 Å². The first-order valence-corrected chi connectivity index (χ1v) is 4.20. The van der Waals surface area contributed by atoms with E-state index in [0.29, 0.717) is 18.2 Å². The number of ether oxygens (including phenoxy) is 2. The zero-order valence-corrected chi connectivity index (χ0v) is 8.11. The molecular weight excluding hydrogens is 184 g/mol. The van der Waals surface area contributed by atoms with Crippen molar-refractivity contribution in [3.05, 3.63) is 18.3 Å². The molecule has 0 aromatic carbocycles. The van der Waals surface area contributed by atoms with Crippen LogP contribution in [0.1, 0.15) is 6.92 Å². The van der Waals surface area contributed by atoms with Crippen molar-refractivity contribution in [2.75, 3.05) is 19.0 Å². The van der Waals surface area contributed by atoms with Crippen molar-refractivity contribution in [3.63, 3.8) is 0 Å². The van der Waals surface area contributed by atoms with Gasteiger partial charge in [-0.25, -0.2) is 9.78 Å². The monoisotopic (exact) mass is 196 g/mol. The SMILES string of the molecule is CCOC(=O)Nc1ccc(OC)nc1. The summed E-state index contributed by atoms with van der Waals surface area (Å²) in [5.41, 5.74) is 0.573. The largest absolute Gasteiger partial charge is 0.481 e. The number of hydrogen-bond acceptors (Lipinski definition) is 4. The fourth-order valence-electron chi connectivity index (χ4n) is 0.860. The lowest BCUT2D eigenvalue weighted by Crippen LogP contribution is -2.13. The van der Waals surface area contributed by atoms with Crippen LogP contribution in [-0.4, -0.2) is 24.8 Å². The zero-order valence-electron chi connectivity index (χ0n) is 8.11. The van der Waals surface area contributed by atoms with Gasteiger partial charge < -0.3 is 9.47 Å². The summed E-state index contributed by atoms with van der Waals surface area (Å²) in [6.45, 7) is 2.08. The van der Waals surface area contributed by atoms with Crippen LogP contribution in [0.4, 0.5) is 10.5 Å². The number of anilines is 1. The summed E-state index contributed by atoms with van der Waals surface area (Å²) >= 11 is 0. The van der Waals surface area contributed by atoms with Crippen molar-refractivity contribution in [3.8, 4) is 5.88 Å². The number of hydrogen-bond donors (Lipinski definition) is 1. The summed E-state index contributed by atoms with van der Waals surface area (Å²) in [5.74, 6) is 0.499. The summed E-state index contributed by atoms with van der Waals surface area (Å²) in [7, 11) is 1.53. The number of methoxy groups -OCH3 is 1. The Labute approximate surface area is 82.0 Å². The van der Waals surface area contributed by atoms with Crippen LogP contribution in [0.25, 0.3) is 0 Å². The lowest BCUT2D eigenvalue weighted by atomic mass is 10.4. The first kappa shape index (κ1) is 10.3. The number of carbonyl (C=O) groups excluding carboxylic acids is 1. The average molecular weight is 196 g/mol. The molecule has 0 spiro atoms. The maximum absolute atomic E-state index is 11.0. The highest BCUT2D eigenvalue weighted by molar-refractivity contribution is 5.84. The predicted octanol–water partition coefficient (Wildman–Crippen LogP) is 1.66. The van der Waals surface area contributed by atoms with E-state index in [9.17, 15) is 4.79 Å².